The molecule has 0 aromatic carbocycles. The summed E-state index contributed by atoms with van der Waals surface area (Å²) in [5.74, 6) is 0. The summed E-state index contributed by atoms with van der Waals surface area (Å²) in [7, 11) is 0. The highest BCUT2D eigenvalue weighted by Crippen LogP contribution is 1.90. The molecular weight excluding hydrogens is 188 g/mol. The third-order valence-corrected chi connectivity index (χ3v) is 2.32. The second-order valence-electron chi connectivity index (χ2n) is 3.85. The molecule has 0 rings (SSSR count). The van der Waals surface area contributed by atoms with Crippen molar-refractivity contribution in [2.45, 2.75) is 32.1 Å². The van der Waals surface area contributed by atoms with Crippen molar-refractivity contribution >= 4 is 0 Å². The van der Waals surface area contributed by atoms with Crippen LogP contribution in [0.2, 0.25) is 0 Å². The molecule has 0 amide bonds. The maximum Gasteiger partial charge on any atom is -0.00368 e. The Labute approximate surface area is 94.2 Å². The number of nitrogens with two attached hydrogens (primary N) is 2. The smallest absolute Gasteiger partial charge is 0.00368 e. The third kappa shape index (κ3) is 13.8. The van der Waals surface area contributed by atoms with Gasteiger partial charge in [0.05, 0.1) is 0 Å². The zero-order valence-electron chi connectivity index (χ0n) is 9.93. The summed E-state index contributed by atoms with van der Waals surface area (Å²) < 4.78 is 0. The maximum absolute atomic E-state index is 5.41. The Morgan fingerprint density at radius 2 is 1.07 bits per heavy atom. The van der Waals surface area contributed by atoms with E-state index in [1.165, 1.54) is 19.3 Å². The summed E-state index contributed by atoms with van der Waals surface area (Å²) >= 11 is 0. The van der Waals surface area contributed by atoms with E-state index >= 15 is 0 Å². The molecule has 0 saturated carbocycles. The van der Waals surface area contributed by atoms with E-state index in [0.29, 0.717) is 0 Å². The molecule has 92 valence electrons. The van der Waals surface area contributed by atoms with Crippen LogP contribution in [0.5, 0.6) is 0 Å². The molecule has 0 aromatic heterocycles. The van der Waals surface area contributed by atoms with Gasteiger partial charge in [0.1, 0.15) is 0 Å². The number of rotatable bonds is 12. The Bertz CT molecular complexity index is 96.8. The molecule has 0 fully saturated rings. The molecule has 0 unspecified atom stereocenters. The maximum atomic E-state index is 5.41. The minimum absolute atomic E-state index is 0.784. The van der Waals surface area contributed by atoms with Crippen molar-refractivity contribution in [1.29, 1.82) is 0 Å². The molecule has 4 nitrogen and oxygen atoms in total. The Balaban J connectivity index is 2.81. The van der Waals surface area contributed by atoms with Crippen LogP contribution in [0.15, 0.2) is 0 Å². The van der Waals surface area contributed by atoms with E-state index in [0.717, 1.165) is 52.1 Å². The van der Waals surface area contributed by atoms with Crippen molar-refractivity contribution in [2.24, 2.45) is 11.5 Å². The van der Waals surface area contributed by atoms with Gasteiger partial charge in [-0.25, -0.2) is 0 Å². The molecule has 0 radical (unpaired) electrons. The summed E-state index contributed by atoms with van der Waals surface area (Å²) in [4.78, 5) is 0. The summed E-state index contributed by atoms with van der Waals surface area (Å²) in [5.41, 5.74) is 10.8. The molecule has 0 saturated heterocycles. The van der Waals surface area contributed by atoms with Crippen LogP contribution < -0.4 is 22.1 Å². The van der Waals surface area contributed by atoms with E-state index in [2.05, 4.69) is 10.6 Å². The Kier molecular flexibility index (Phi) is 13.7. The highest BCUT2D eigenvalue weighted by molar-refractivity contribution is 4.53. The molecule has 0 bridgehead atoms. The summed E-state index contributed by atoms with van der Waals surface area (Å²) in [6.07, 6.45) is 5.92. The topological polar surface area (TPSA) is 76.1 Å². The van der Waals surface area contributed by atoms with Gasteiger partial charge in [-0.3, -0.25) is 0 Å². The lowest BCUT2D eigenvalue weighted by Gasteiger charge is -2.05. The fourth-order valence-electron chi connectivity index (χ4n) is 1.39. The van der Waals surface area contributed by atoms with Gasteiger partial charge in [-0.15, -0.1) is 0 Å². The zero-order chi connectivity index (χ0) is 11.2. The quantitative estimate of drug-likeness (QED) is 0.347. The van der Waals surface area contributed by atoms with Gasteiger partial charge in [-0.2, -0.15) is 0 Å². The van der Waals surface area contributed by atoms with Gasteiger partial charge in [0.2, 0.25) is 0 Å². The van der Waals surface area contributed by atoms with Crippen molar-refractivity contribution in [3.05, 3.63) is 0 Å². The number of hydrogen-bond donors (Lipinski definition) is 4. The van der Waals surface area contributed by atoms with Crippen molar-refractivity contribution < 1.29 is 0 Å². The second-order valence-corrected chi connectivity index (χ2v) is 3.85. The third-order valence-electron chi connectivity index (χ3n) is 2.32. The summed E-state index contributed by atoms with van der Waals surface area (Å²) in [5, 5.41) is 6.79. The zero-order valence-corrected chi connectivity index (χ0v) is 9.93. The predicted octanol–water partition coefficient (Wildman–Crippen LogP) is 0.0335. The Morgan fingerprint density at radius 1 is 0.533 bits per heavy atom. The molecule has 0 atom stereocenters. The normalized spacial score (nSPS) is 10.8. The summed E-state index contributed by atoms with van der Waals surface area (Å²) in [6, 6.07) is 0. The first-order valence-corrected chi connectivity index (χ1v) is 6.23. The van der Waals surface area contributed by atoms with Crippen molar-refractivity contribution in [1.82, 2.24) is 10.6 Å². The first-order valence-electron chi connectivity index (χ1n) is 6.23. The van der Waals surface area contributed by atoms with Crippen molar-refractivity contribution in [3.8, 4) is 0 Å². The molecule has 4 heteroatoms. The second kappa shape index (κ2) is 13.8. The monoisotopic (exact) mass is 216 g/mol. The SMILES string of the molecule is NCCCCCNCCCNCCCN. The van der Waals surface area contributed by atoms with E-state index in [4.69, 9.17) is 11.5 Å². The van der Waals surface area contributed by atoms with Gasteiger partial charge in [0.15, 0.2) is 0 Å². The van der Waals surface area contributed by atoms with E-state index in [9.17, 15) is 0 Å². The van der Waals surface area contributed by atoms with Gasteiger partial charge in [-0.1, -0.05) is 6.42 Å². The number of unbranched alkanes of at least 4 members (excludes halogenated alkanes) is 2. The van der Waals surface area contributed by atoms with Gasteiger partial charge in [0, 0.05) is 0 Å². The molecule has 0 heterocycles. The van der Waals surface area contributed by atoms with Gasteiger partial charge < -0.3 is 22.1 Å². The number of nitrogens with one attached hydrogen (secondary N) is 2. The molecule has 0 aliphatic carbocycles. The van der Waals surface area contributed by atoms with Crippen LogP contribution in [0.3, 0.4) is 0 Å². The molecule has 0 aromatic rings. The van der Waals surface area contributed by atoms with Crippen LogP contribution in [0, 0.1) is 0 Å². The average molecular weight is 216 g/mol. The number of hydrogen-bond acceptors (Lipinski definition) is 4. The Morgan fingerprint density at radius 3 is 1.67 bits per heavy atom. The Hall–Kier alpha value is -0.160. The lowest BCUT2D eigenvalue weighted by Crippen LogP contribution is -2.24. The average Bonchev–Trinajstić information content (AvgIpc) is 2.26. The minimum Gasteiger partial charge on any atom is -0.330 e. The minimum atomic E-state index is 0.784. The van der Waals surface area contributed by atoms with Crippen molar-refractivity contribution in [2.75, 3.05) is 39.3 Å². The molecule has 0 aliphatic rings. The van der Waals surface area contributed by atoms with E-state index in [1.807, 2.05) is 0 Å². The fourth-order valence-corrected chi connectivity index (χ4v) is 1.39. The van der Waals surface area contributed by atoms with Gasteiger partial charge in [0.25, 0.3) is 0 Å². The van der Waals surface area contributed by atoms with Gasteiger partial charge in [-0.05, 0) is 65.0 Å². The molecule has 0 spiro atoms. The highest BCUT2D eigenvalue weighted by Gasteiger charge is 1.90. The lowest BCUT2D eigenvalue weighted by molar-refractivity contribution is 0.564. The summed E-state index contributed by atoms with van der Waals surface area (Å²) in [6.45, 7) is 5.99. The van der Waals surface area contributed by atoms with Crippen molar-refractivity contribution in [3.63, 3.8) is 0 Å². The first-order chi connectivity index (χ1) is 7.41. The fraction of sp³-hybridized carbons (Fsp3) is 1.00. The van der Waals surface area contributed by atoms with Crippen LogP contribution in [-0.4, -0.2) is 39.3 Å². The van der Waals surface area contributed by atoms with Crippen LogP contribution in [0.4, 0.5) is 0 Å². The van der Waals surface area contributed by atoms with Crippen LogP contribution in [0.25, 0.3) is 0 Å². The highest BCUT2D eigenvalue weighted by atomic mass is 14.9. The van der Waals surface area contributed by atoms with Gasteiger partial charge >= 0.3 is 0 Å². The molecule has 0 aliphatic heterocycles. The lowest BCUT2D eigenvalue weighted by atomic mass is 10.2. The van der Waals surface area contributed by atoms with E-state index in [-0.39, 0.29) is 0 Å². The largest absolute Gasteiger partial charge is 0.330 e. The van der Waals surface area contributed by atoms with Crippen LogP contribution >= 0.6 is 0 Å². The molecule has 15 heavy (non-hydrogen) atoms. The standard InChI is InChI=1S/C11H28N4/c12-6-2-1-3-8-14-10-5-11-15-9-4-7-13/h14-15H,1-13H2. The predicted molar refractivity (Wildman–Crippen MR) is 66.9 cm³/mol. The van der Waals surface area contributed by atoms with Crippen LogP contribution in [-0.2, 0) is 0 Å². The van der Waals surface area contributed by atoms with Crippen LogP contribution in [0.1, 0.15) is 32.1 Å². The molecule has 6 N–H and O–H groups in total. The first kappa shape index (κ1) is 14.8. The van der Waals surface area contributed by atoms with E-state index in [1.54, 1.807) is 0 Å². The van der Waals surface area contributed by atoms with E-state index < -0.39 is 0 Å². The molecular formula is C11H28N4.